The number of nitrogens with one attached hydrogen (secondary N) is 1. The molecular formula is C10H19N3O2. The van der Waals surface area contributed by atoms with Gasteiger partial charge in [0.2, 0.25) is 5.91 Å². The fourth-order valence-corrected chi connectivity index (χ4v) is 1.51. The van der Waals surface area contributed by atoms with Crippen LogP contribution in [0, 0.1) is 0 Å². The van der Waals surface area contributed by atoms with E-state index in [4.69, 9.17) is 0 Å². The Labute approximate surface area is 90.4 Å². The molecule has 15 heavy (non-hydrogen) atoms. The first-order valence-electron chi connectivity index (χ1n) is 5.42. The highest BCUT2D eigenvalue weighted by Crippen LogP contribution is 2.06. The van der Waals surface area contributed by atoms with E-state index in [1.54, 1.807) is 11.9 Å². The molecule has 0 aliphatic carbocycles. The van der Waals surface area contributed by atoms with Gasteiger partial charge >= 0.3 is 6.03 Å². The second kappa shape index (κ2) is 5.58. The molecule has 1 saturated heterocycles. The average molecular weight is 213 g/mol. The van der Waals surface area contributed by atoms with Crippen LogP contribution in [0.2, 0.25) is 0 Å². The number of carbonyl (C=O) groups is 2. The smallest absolute Gasteiger partial charge is 0.317 e. The van der Waals surface area contributed by atoms with Crippen LogP contribution >= 0.6 is 0 Å². The molecule has 1 aliphatic rings. The number of nitrogens with zero attached hydrogens (tertiary/aromatic N) is 2. The Morgan fingerprint density at radius 3 is 2.47 bits per heavy atom. The van der Waals surface area contributed by atoms with E-state index in [1.807, 2.05) is 6.92 Å². The summed E-state index contributed by atoms with van der Waals surface area (Å²) in [5.74, 6) is 0.0188. The zero-order chi connectivity index (χ0) is 11.3. The molecule has 1 heterocycles. The van der Waals surface area contributed by atoms with Gasteiger partial charge in [0.15, 0.2) is 0 Å². The molecule has 0 unspecified atom stereocenters. The SMILES string of the molecule is CCN(C)C(=O)NCC(=O)N1CCCC1. The van der Waals surface area contributed by atoms with Crippen molar-refractivity contribution in [2.75, 3.05) is 33.2 Å². The molecule has 5 nitrogen and oxygen atoms in total. The van der Waals surface area contributed by atoms with Crippen molar-refractivity contribution in [1.29, 1.82) is 0 Å². The van der Waals surface area contributed by atoms with Crippen molar-refractivity contribution in [2.45, 2.75) is 19.8 Å². The topological polar surface area (TPSA) is 52.7 Å². The Morgan fingerprint density at radius 1 is 1.33 bits per heavy atom. The summed E-state index contributed by atoms with van der Waals surface area (Å²) in [7, 11) is 1.70. The van der Waals surface area contributed by atoms with Crippen LogP contribution in [0.15, 0.2) is 0 Å². The van der Waals surface area contributed by atoms with Gasteiger partial charge in [0.05, 0.1) is 6.54 Å². The van der Waals surface area contributed by atoms with Crippen LogP contribution in [-0.2, 0) is 4.79 Å². The summed E-state index contributed by atoms with van der Waals surface area (Å²) >= 11 is 0. The largest absolute Gasteiger partial charge is 0.341 e. The first-order chi connectivity index (χ1) is 7.15. The molecule has 0 spiro atoms. The molecule has 1 N–H and O–H groups in total. The van der Waals surface area contributed by atoms with Gasteiger partial charge in [0, 0.05) is 26.7 Å². The lowest BCUT2D eigenvalue weighted by atomic mass is 10.4. The number of hydrogen-bond donors (Lipinski definition) is 1. The summed E-state index contributed by atoms with van der Waals surface area (Å²) in [6.07, 6.45) is 2.16. The summed E-state index contributed by atoms with van der Waals surface area (Å²) in [5, 5.41) is 2.61. The molecule has 0 atom stereocenters. The van der Waals surface area contributed by atoms with Crippen molar-refractivity contribution in [3.8, 4) is 0 Å². The zero-order valence-corrected chi connectivity index (χ0v) is 9.45. The number of likely N-dealkylation sites (tertiary alicyclic amines) is 1. The summed E-state index contributed by atoms with van der Waals surface area (Å²) in [4.78, 5) is 26.2. The highest BCUT2D eigenvalue weighted by molar-refractivity contribution is 5.84. The maximum atomic E-state index is 11.6. The molecule has 0 bridgehead atoms. The van der Waals surface area contributed by atoms with E-state index in [0.717, 1.165) is 25.9 Å². The van der Waals surface area contributed by atoms with Crippen LogP contribution in [0.5, 0.6) is 0 Å². The van der Waals surface area contributed by atoms with Gasteiger partial charge in [-0.2, -0.15) is 0 Å². The molecule has 0 aromatic rings. The number of amides is 3. The predicted molar refractivity (Wildman–Crippen MR) is 57.5 cm³/mol. The number of urea groups is 1. The lowest BCUT2D eigenvalue weighted by Gasteiger charge is -2.18. The Morgan fingerprint density at radius 2 is 1.93 bits per heavy atom. The van der Waals surface area contributed by atoms with Crippen molar-refractivity contribution >= 4 is 11.9 Å². The lowest BCUT2D eigenvalue weighted by molar-refractivity contribution is -0.129. The van der Waals surface area contributed by atoms with E-state index in [1.165, 1.54) is 4.90 Å². The van der Waals surface area contributed by atoms with Crippen molar-refractivity contribution in [3.63, 3.8) is 0 Å². The first kappa shape index (κ1) is 11.8. The minimum Gasteiger partial charge on any atom is -0.341 e. The van der Waals surface area contributed by atoms with Crippen LogP contribution in [0.4, 0.5) is 4.79 Å². The third-order valence-electron chi connectivity index (χ3n) is 2.67. The Kier molecular flexibility index (Phi) is 4.39. The summed E-state index contributed by atoms with van der Waals surface area (Å²) < 4.78 is 0. The van der Waals surface area contributed by atoms with E-state index in [-0.39, 0.29) is 18.5 Å². The number of rotatable bonds is 3. The third kappa shape index (κ3) is 3.42. The third-order valence-corrected chi connectivity index (χ3v) is 2.67. The monoisotopic (exact) mass is 213 g/mol. The fourth-order valence-electron chi connectivity index (χ4n) is 1.51. The molecule has 1 fully saturated rings. The van der Waals surface area contributed by atoms with Gasteiger partial charge in [0.25, 0.3) is 0 Å². The second-order valence-electron chi connectivity index (χ2n) is 3.76. The molecule has 3 amide bonds. The highest BCUT2D eigenvalue weighted by atomic mass is 16.2. The van der Waals surface area contributed by atoms with Gasteiger partial charge in [0.1, 0.15) is 0 Å². The normalized spacial score (nSPS) is 15.2. The minimum absolute atomic E-state index is 0.0188. The molecular weight excluding hydrogens is 194 g/mol. The molecule has 5 heteroatoms. The fraction of sp³-hybridized carbons (Fsp3) is 0.800. The van der Waals surface area contributed by atoms with Crippen LogP contribution < -0.4 is 5.32 Å². The maximum absolute atomic E-state index is 11.6. The Bertz CT molecular complexity index is 237. The van der Waals surface area contributed by atoms with Crippen LogP contribution in [-0.4, -0.2) is 55.0 Å². The summed E-state index contributed by atoms with van der Waals surface area (Å²) in [6, 6.07) is -0.190. The van der Waals surface area contributed by atoms with Crippen molar-refractivity contribution in [2.24, 2.45) is 0 Å². The van der Waals surface area contributed by atoms with Crippen molar-refractivity contribution < 1.29 is 9.59 Å². The van der Waals surface area contributed by atoms with Gasteiger partial charge in [-0.15, -0.1) is 0 Å². The zero-order valence-electron chi connectivity index (χ0n) is 9.45. The van der Waals surface area contributed by atoms with Crippen LogP contribution in [0.1, 0.15) is 19.8 Å². The molecule has 0 radical (unpaired) electrons. The molecule has 86 valence electrons. The van der Waals surface area contributed by atoms with Gasteiger partial charge in [-0.25, -0.2) is 4.79 Å². The van der Waals surface area contributed by atoms with E-state index < -0.39 is 0 Å². The minimum atomic E-state index is -0.190. The number of hydrogen-bond acceptors (Lipinski definition) is 2. The van der Waals surface area contributed by atoms with Gasteiger partial charge < -0.3 is 15.1 Å². The van der Waals surface area contributed by atoms with Crippen LogP contribution in [0.3, 0.4) is 0 Å². The van der Waals surface area contributed by atoms with Gasteiger partial charge in [-0.05, 0) is 19.8 Å². The molecule has 0 saturated carbocycles. The Hall–Kier alpha value is -1.26. The second-order valence-corrected chi connectivity index (χ2v) is 3.76. The van der Waals surface area contributed by atoms with Gasteiger partial charge in [-0.3, -0.25) is 4.79 Å². The maximum Gasteiger partial charge on any atom is 0.317 e. The highest BCUT2D eigenvalue weighted by Gasteiger charge is 2.18. The van der Waals surface area contributed by atoms with Crippen LogP contribution in [0.25, 0.3) is 0 Å². The lowest BCUT2D eigenvalue weighted by Crippen LogP contribution is -2.43. The Balaban J connectivity index is 2.24. The quantitative estimate of drug-likeness (QED) is 0.731. The van der Waals surface area contributed by atoms with E-state index in [9.17, 15) is 9.59 Å². The van der Waals surface area contributed by atoms with E-state index >= 15 is 0 Å². The van der Waals surface area contributed by atoms with Crippen molar-refractivity contribution in [3.05, 3.63) is 0 Å². The van der Waals surface area contributed by atoms with Gasteiger partial charge in [-0.1, -0.05) is 0 Å². The molecule has 0 aromatic carbocycles. The first-order valence-corrected chi connectivity index (χ1v) is 5.42. The average Bonchev–Trinajstić information content (AvgIpc) is 2.77. The summed E-state index contributed by atoms with van der Waals surface area (Å²) in [5.41, 5.74) is 0. The van der Waals surface area contributed by atoms with E-state index in [2.05, 4.69) is 5.32 Å². The molecule has 1 aliphatic heterocycles. The molecule has 1 rings (SSSR count). The standard InChI is InChI=1S/C10H19N3O2/c1-3-12(2)10(15)11-8-9(14)13-6-4-5-7-13/h3-8H2,1-2H3,(H,11,15). The molecule has 0 aromatic heterocycles. The predicted octanol–water partition coefficient (Wildman–Crippen LogP) is 0.270. The van der Waals surface area contributed by atoms with Crippen molar-refractivity contribution in [1.82, 2.24) is 15.1 Å². The summed E-state index contributed by atoms with van der Waals surface area (Å²) in [6.45, 7) is 4.31. The number of carbonyl (C=O) groups excluding carboxylic acids is 2. The van der Waals surface area contributed by atoms with E-state index in [0.29, 0.717) is 6.54 Å².